The molecule has 0 fully saturated rings. The summed E-state index contributed by atoms with van der Waals surface area (Å²) >= 11 is 0. The quantitative estimate of drug-likeness (QED) is 0.363. The number of halogens is 1. The van der Waals surface area contributed by atoms with Gasteiger partial charge in [-0.3, -0.25) is 15.1 Å². The Balaban J connectivity index is 2.42. The Morgan fingerprint density at radius 2 is 2.12 bits per heavy atom. The van der Waals surface area contributed by atoms with Crippen LogP contribution in [0.15, 0.2) is 30.8 Å². The first-order chi connectivity index (χ1) is 12.4. The molecule has 0 unspecified atom stereocenters. The number of nitrogens with one attached hydrogen (secondary N) is 2. The molecule has 2 aromatic rings. The highest BCUT2D eigenvalue weighted by Crippen LogP contribution is 2.30. The van der Waals surface area contributed by atoms with Gasteiger partial charge in [0.15, 0.2) is 5.78 Å². The fourth-order valence-corrected chi connectivity index (χ4v) is 2.52. The van der Waals surface area contributed by atoms with E-state index in [1.165, 1.54) is 6.07 Å². The average Bonchev–Trinajstić information content (AvgIpc) is 2.93. The number of aliphatic hydroxyl groups is 1. The first kappa shape index (κ1) is 19.7. The molecule has 7 heteroatoms. The highest BCUT2D eigenvalue weighted by molar-refractivity contribution is 5.97. The van der Waals surface area contributed by atoms with Crippen LogP contribution in [-0.4, -0.2) is 28.7 Å². The second kappa shape index (κ2) is 8.64. The summed E-state index contributed by atoms with van der Waals surface area (Å²) < 4.78 is 15.9. The minimum atomic E-state index is -0.393. The van der Waals surface area contributed by atoms with E-state index in [1.807, 2.05) is 6.92 Å². The Hall–Kier alpha value is -2.64. The molecule has 0 bridgehead atoms. The molecule has 26 heavy (non-hydrogen) atoms. The summed E-state index contributed by atoms with van der Waals surface area (Å²) in [5.74, 6) is 0.0699. The molecule has 140 valence electrons. The van der Waals surface area contributed by atoms with Crippen molar-refractivity contribution in [3.8, 4) is 0 Å². The Kier molecular flexibility index (Phi) is 6.54. The van der Waals surface area contributed by atoms with Gasteiger partial charge < -0.3 is 15.0 Å². The van der Waals surface area contributed by atoms with Crippen molar-refractivity contribution >= 4 is 23.0 Å². The van der Waals surface area contributed by atoms with Crippen LogP contribution in [0, 0.1) is 12.7 Å². The van der Waals surface area contributed by atoms with Crippen molar-refractivity contribution in [1.82, 2.24) is 10.0 Å². The van der Waals surface area contributed by atoms with Crippen molar-refractivity contribution < 1.29 is 19.1 Å². The number of hydroxylamine groups is 1. The lowest BCUT2D eigenvalue weighted by Gasteiger charge is -2.14. The van der Waals surface area contributed by atoms with E-state index in [1.54, 1.807) is 36.7 Å². The Morgan fingerprint density at radius 1 is 1.38 bits per heavy atom. The third-order valence-electron chi connectivity index (χ3n) is 3.93. The molecular formula is C19H24FN3O3. The van der Waals surface area contributed by atoms with Gasteiger partial charge in [0.25, 0.3) is 0 Å². The fourth-order valence-electron chi connectivity index (χ4n) is 2.52. The molecule has 0 saturated carbocycles. The number of carbonyl (C=O) groups is 1. The molecule has 1 aromatic carbocycles. The molecule has 0 aliphatic carbocycles. The van der Waals surface area contributed by atoms with E-state index in [9.17, 15) is 9.18 Å². The Labute approximate surface area is 152 Å². The standard InChI is InChI=1S/C19H24FN3O3/c1-5-18(25)17-11-14(13(3)22-26-9-8-24)19(23(17)4)21-16-7-6-12(2)10-15(16)20/h6-7,10-11,21-22,24H,3,5,8-9H2,1-2,4H3. The van der Waals surface area contributed by atoms with Crippen molar-refractivity contribution in [2.45, 2.75) is 20.3 Å². The summed E-state index contributed by atoms with van der Waals surface area (Å²) in [4.78, 5) is 17.3. The molecule has 0 aliphatic rings. The van der Waals surface area contributed by atoms with E-state index in [0.29, 0.717) is 29.2 Å². The van der Waals surface area contributed by atoms with Crippen LogP contribution in [0.2, 0.25) is 0 Å². The van der Waals surface area contributed by atoms with Crippen LogP contribution in [0.1, 0.15) is 35.0 Å². The van der Waals surface area contributed by atoms with Crippen molar-refractivity contribution in [3.05, 3.63) is 53.5 Å². The van der Waals surface area contributed by atoms with Crippen LogP contribution in [-0.2, 0) is 11.9 Å². The molecule has 2 rings (SSSR count). The normalized spacial score (nSPS) is 10.7. The molecule has 3 N–H and O–H groups in total. The zero-order valence-corrected chi connectivity index (χ0v) is 15.2. The van der Waals surface area contributed by atoms with Crippen molar-refractivity contribution in [3.63, 3.8) is 0 Å². The molecule has 1 aromatic heterocycles. The molecule has 0 aliphatic heterocycles. The van der Waals surface area contributed by atoms with Gasteiger partial charge in [-0.25, -0.2) is 4.39 Å². The minimum absolute atomic E-state index is 0.0461. The van der Waals surface area contributed by atoms with Crippen LogP contribution < -0.4 is 10.8 Å². The van der Waals surface area contributed by atoms with Crippen LogP contribution in [0.4, 0.5) is 15.9 Å². The fraction of sp³-hybridized carbons (Fsp3) is 0.316. The Morgan fingerprint density at radius 3 is 2.73 bits per heavy atom. The number of Topliss-reactive ketones (excluding diaryl/α,β-unsaturated/α-hetero) is 1. The third kappa shape index (κ3) is 4.30. The van der Waals surface area contributed by atoms with E-state index < -0.39 is 5.82 Å². The molecular weight excluding hydrogens is 337 g/mol. The van der Waals surface area contributed by atoms with Gasteiger partial charge in [0.05, 0.1) is 30.3 Å². The van der Waals surface area contributed by atoms with Gasteiger partial charge in [-0.15, -0.1) is 0 Å². The Bertz CT molecular complexity index is 815. The van der Waals surface area contributed by atoms with Crippen LogP contribution in [0.25, 0.3) is 5.70 Å². The van der Waals surface area contributed by atoms with Gasteiger partial charge in [-0.1, -0.05) is 19.6 Å². The summed E-state index contributed by atoms with van der Waals surface area (Å²) in [5, 5.41) is 11.8. The monoisotopic (exact) mass is 361 g/mol. The van der Waals surface area contributed by atoms with E-state index in [-0.39, 0.29) is 24.7 Å². The van der Waals surface area contributed by atoms with Gasteiger partial charge in [0.1, 0.15) is 11.6 Å². The smallest absolute Gasteiger partial charge is 0.179 e. The molecule has 0 spiro atoms. The number of benzene rings is 1. The maximum absolute atomic E-state index is 14.3. The number of carbonyl (C=O) groups excluding carboxylic acids is 1. The van der Waals surface area contributed by atoms with E-state index in [2.05, 4.69) is 17.4 Å². The summed E-state index contributed by atoms with van der Waals surface area (Å²) in [7, 11) is 1.72. The maximum atomic E-state index is 14.3. The second-order valence-corrected chi connectivity index (χ2v) is 5.89. The van der Waals surface area contributed by atoms with E-state index in [4.69, 9.17) is 9.94 Å². The second-order valence-electron chi connectivity index (χ2n) is 5.89. The number of anilines is 2. The highest BCUT2D eigenvalue weighted by atomic mass is 19.1. The van der Waals surface area contributed by atoms with Crippen molar-refractivity contribution in [1.29, 1.82) is 0 Å². The number of rotatable bonds is 9. The van der Waals surface area contributed by atoms with Crippen LogP contribution in [0.5, 0.6) is 0 Å². The molecule has 0 amide bonds. The number of hydrogen-bond acceptors (Lipinski definition) is 5. The van der Waals surface area contributed by atoms with E-state index >= 15 is 0 Å². The summed E-state index contributed by atoms with van der Waals surface area (Å²) in [6.45, 7) is 7.43. The lowest BCUT2D eigenvalue weighted by Crippen LogP contribution is -2.15. The summed E-state index contributed by atoms with van der Waals surface area (Å²) in [6.07, 6.45) is 0.344. The SMILES string of the molecule is C=C(NOCCO)c1cc(C(=O)CC)n(C)c1Nc1ccc(C)cc1F. The number of aryl methyl sites for hydroxylation is 1. The number of aromatic nitrogens is 1. The molecule has 6 nitrogen and oxygen atoms in total. The number of aliphatic hydroxyl groups excluding tert-OH is 1. The summed E-state index contributed by atoms with van der Waals surface area (Å²) in [5.41, 5.74) is 5.17. The lowest BCUT2D eigenvalue weighted by atomic mass is 10.2. The van der Waals surface area contributed by atoms with Gasteiger partial charge >= 0.3 is 0 Å². The average molecular weight is 361 g/mol. The third-order valence-corrected chi connectivity index (χ3v) is 3.93. The summed E-state index contributed by atoms with van der Waals surface area (Å²) in [6, 6.07) is 6.54. The minimum Gasteiger partial charge on any atom is -0.394 e. The molecule has 0 atom stereocenters. The zero-order valence-electron chi connectivity index (χ0n) is 15.2. The van der Waals surface area contributed by atoms with Crippen molar-refractivity contribution in [2.75, 3.05) is 18.5 Å². The maximum Gasteiger partial charge on any atom is 0.179 e. The van der Waals surface area contributed by atoms with E-state index in [0.717, 1.165) is 5.56 Å². The van der Waals surface area contributed by atoms with Crippen LogP contribution >= 0.6 is 0 Å². The largest absolute Gasteiger partial charge is 0.394 e. The van der Waals surface area contributed by atoms with Crippen LogP contribution in [0.3, 0.4) is 0 Å². The molecule has 1 heterocycles. The molecule has 0 radical (unpaired) electrons. The highest BCUT2D eigenvalue weighted by Gasteiger charge is 2.20. The number of hydrogen-bond donors (Lipinski definition) is 3. The lowest BCUT2D eigenvalue weighted by molar-refractivity contribution is 0.0482. The van der Waals surface area contributed by atoms with Gasteiger partial charge in [-0.2, -0.15) is 0 Å². The van der Waals surface area contributed by atoms with Gasteiger partial charge in [-0.05, 0) is 30.7 Å². The first-order valence-corrected chi connectivity index (χ1v) is 8.33. The zero-order chi connectivity index (χ0) is 19.3. The van der Waals surface area contributed by atoms with Crippen molar-refractivity contribution in [2.24, 2.45) is 7.05 Å². The molecule has 0 saturated heterocycles. The van der Waals surface area contributed by atoms with Gasteiger partial charge in [0, 0.05) is 19.0 Å². The number of nitrogens with zero attached hydrogens (tertiary/aromatic N) is 1. The predicted molar refractivity (Wildman–Crippen MR) is 99.7 cm³/mol. The topological polar surface area (TPSA) is 75.5 Å². The van der Waals surface area contributed by atoms with Gasteiger partial charge in [0.2, 0.25) is 0 Å². The number of ketones is 1. The first-order valence-electron chi connectivity index (χ1n) is 8.33. The predicted octanol–water partition coefficient (Wildman–Crippen LogP) is 3.29.